The number of benzene rings is 1. The monoisotopic (exact) mass is 278 g/mol. The van der Waals surface area contributed by atoms with Crippen LogP contribution >= 0.6 is 0 Å². The van der Waals surface area contributed by atoms with Gasteiger partial charge in [-0.1, -0.05) is 6.07 Å². The van der Waals surface area contributed by atoms with Gasteiger partial charge in [-0.3, -0.25) is 4.55 Å². The molecule has 0 aliphatic carbocycles. The summed E-state index contributed by atoms with van der Waals surface area (Å²) in [6.45, 7) is 3.89. The molecule has 0 aliphatic heterocycles. The van der Waals surface area contributed by atoms with Gasteiger partial charge in [0.1, 0.15) is 7.05 Å². The van der Waals surface area contributed by atoms with Gasteiger partial charge in [-0.2, -0.15) is 8.42 Å². The molecule has 0 atom stereocenters. The zero-order valence-corrected chi connectivity index (χ0v) is 11.9. The lowest BCUT2D eigenvalue weighted by Gasteiger charge is -2.07. The summed E-state index contributed by atoms with van der Waals surface area (Å²) in [5.74, 6) is 0. The second-order valence-corrected chi connectivity index (χ2v) is 6.07. The molecule has 5 heteroatoms. The fourth-order valence-electron chi connectivity index (χ4n) is 1.98. The van der Waals surface area contributed by atoms with Crippen molar-refractivity contribution in [1.29, 1.82) is 0 Å². The molecule has 0 radical (unpaired) electrons. The Bertz CT molecular complexity index is 736. The third-order valence-electron chi connectivity index (χ3n) is 3.09. The molecule has 1 N–H and O–H groups in total. The highest BCUT2D eigenvalue weighted by Crippen LogP contribution is 2.24. The zero-order chi connectivity index (χ0) is 14.2. The van der Waals surface area contributed by atoms with E-state index in [1.165, 1.54) is 12.1 Å². The first-order valence-corrected chi connectivity index (χ1v) is 7.28. The molecule has 1 aromatic heterocycles. The molecule has 2 aromatic rings. The normalized spacial score (nSPS) is 11.6. The Balaban J connectivity index is 2.71. The van der Waals surface area contributed by atoms with Crippen molar-refractivity contribution in [2.45, 2.75) is 18.7 Å². The van der Waals surface area contributed by atoms with Crippen LogP contribution in [-0.4, -0.2) is 13.0 Å². The van der Waals surface area contributed by atoms with E-state index >= 15 is 0 Å². The molecule has 4 nitrogen and oxygen atoms in total. The molecule has 0 bridgehead atoms. The van der Waals surface area contributed by atoms with E-state index < -0.39 is 10.1 Å². The van der Waals surface area contributed by atoms with Gasteiger partial charge in [-0.25, -0.2) is 4.57 Å². The average Bonchev–Trinajstić information content (AvgIpc) is 2.32. The molecule has 0 aliphatic rings. The van der Waals surface area contributed by atoms with Crippen LogP contribution in [0.2, 0.25) is 0 Å². The van der Waals surface area contributed by atoms with Gasteiger partial charge in [0.25, 0.3) is 10.1 Å². The van der Waals surface area contributed by atoms with Crippen LogP contribution in [0.15, 0.2) is 41.4 Å². The summed E-state index contributed by atoms with van der Waals surface area (Å²) in [7, 11) is -2.29. The summed E-state index contributed by atoms with van der Waals surface area (Å²) >= 11 is 0. The zero-order valence-electron chi connectivity index (χ0n) is 11.1. The van der Waals surface area contributed by atoms with E-state index in [2.05, 4.69) is 0 Å². The minimum absolute atomic E-state index is 0.0883. The van der Waals surface area contributed by atoms with Gasteiger partial charge in [0.2, 0.25) is 5.69 Å². The van der Waals surface area contributed by atoms with Crippen LogP contribution < -0.4 is 4.57 Å². The van der Waals surface area contributed by atoms with Crippen molar-refractivity contribution in [2.75, 3.05) is 0 Å². The molecule has 0 amide bonds. The van der Waals surface area contributed by atoms with Crippen molar-refractivity contribution < 1.29 is 17.5 Å². The number of aryl methyl sites for hydroxylation is 3. The molecule has 2 rings (SSSR count). The quantitative estimate of drug-likeness (QED) is 0.675. The lowest BCUT2D eigenvalue weighted by molar-refractivity contribution is -0.660. The molecule has 1 aromatic carbocycles. The summed E-state index contributed by atoms with van der Waals surface area (Å²) in [6.07, 6.45) is 1.92. The molecule has 19 heavy (non-hydrogen) atoms. The van der Waals surface area contributed by atoms with E-state index in [4.69, 9.17) is 4.55 Å². The third kappa shape index (κ3) is 2.83. The van der Waals surface area contributed by atoms with E-state index in [1.54, 1.807) is 6.07 Å². The van der Waals surface area contributed by atoms with Crippen molar-refractivity contribution in [3.8, 4) is 11.3 Å². The standard InChI is InChI=1S/C14H15NO3S/c1-10-6-7-15(3)14(8-10)13-9-12(19(16,17)18)5-4-11(13)2/h4-9H,1-3H3/p+1. The van der Waals surface area contributed by atoms with Crippen molar-refractivity contribution in [2.24, 2.45) is 7.05 Å². The van der Waals surface area contributed by atoms with Crippen LogP contribution in [0.25, 0.3) is 11.3 Å². The minimum atomic E-state index is -4.18. The summed E-state index contributed by atoms with van der Waals surface area (Å²) in [5.41, 5.74) is 3.74. The van der Waals surface area contributed by atoms with Crippen LogP contribution in [0, 0.1) is 13.8 Å². The minimum Gasteiger partial charge on any atom is -0.282 e. The van der Waals surface area contributed by atoms with Crippen molar-refractivity contribution >= 4 is 10.1 Å². The lowest BCUT2D eigenvalue weighted by Crippen LogP contribution is -2.30. The van der Waals surface area contributed by atoms with Gasteiger partial charge >= 0.3 is 0 Å². The molecule has 0 saturated heterocycles. The topological polar surface area (TPSA) is 58.2 Å². The summed E-state index contributed by atoms with van der Waals surface area (Å²) in [6, 6.07) is 8.56. The van der Waals surface area contributed by atoms with E-state index in [0.29, 0.717) is 0 Å². The van der Waals surface area contributed by atoms with Gasteiger partial charge < -0.3 is 0 Å². The molecule has 0 unspecified atom stereocenters. The number of pyridine rings is 1. The maximum Gasteiger partial charge on any atom is 0.294 e. The van der Waals surface area contributed by atoms with E-state index in [0.717, 1.165) is 22.4 Å². The Morgan fingerprint density at radius 2 is 1.79 bits per heavy atom. The Kier molecular flexibility index (Phi) is 3.43. The molecule has 1 heterocycles. The number of aromatic nitrogens is 1. The fraction of sp³-hybridized carbons (Fsp3) is 0.214. The predicted molar refractivity (Wildman–Crippen MR) is 72.3 cm³/mol. The highest BCUT2D eigenvalue weighted by Gasteiger charge is 2.17. The van der Waals surface area contributed by atoms with Crippen LogP contribution in [0.3, 0.4) is 0 Å². The number of nitrogens with zero attached hydrogens (tertiary/aromatic N) is 1. The lowest BCUT2D eigenvalue weighted by atomic mass is 10.0. The number of rotatable bonds is 2. The van der Waals surface area contributed by atoms with E-state index in [9.17, 15) is 8.42 Å². The maximum absolute atomic E-state index is 11.2. The van der Waals surface area contributed by atoms with Gasteiger partial charge in [-0.05, 0) is 37.1 Å². The average molecular weight is 278 g/mol. The molecule has 100 valence electrons. The summed E-state index contributed by atoms with van der Waals surface area (Å²) in [4.78, 5) is -0.0883. The Morgan fingerprint density at radius 3 is 2.42 bits per heavy atom. The SMILES string of the molecule is Cc1cc[n+](C)c(-c2cc(S(=O)(=O)O)ccc2C)c1. The molecular weight excluding hydrogens is 262 g/mol. The summed E-state index contributed by atoms with van der Waals surface area (Å²) < 4.78 is 33.5. The van der Waals surface area contributed by atoms with Crippen molar-refractivity contribution in [1.82, 2.24) is 0 Å². The van der Waals surface area contributed by atoms with E-state index in [-0.39, 0.29) is 4.90 Å². The van der Waals surface area contributed by atoms with Crippen LogP contribution in [0.1, 0.15) is 11.1 Å². The Hall–Kier alpha value is -1.72. The van der Waals surface area contributed by atoms with E-state index in [1.807, 2.05) is 43.8 Å². The van der Waals surface area contributed by atoms with Gasteiger partial charge in [0.15, 0.2) is 6.20 Å². The Labute approximate surface area is 113 Å². The predicted octanol–water partition coefficient (Wildman–Crippen LogP) is 2.04. The summed E-state index contributed by atoms with van der Waals surface area (Å²) in [5, 5.41) is 0. The molecule has 0 fully saturated rings. The van der Waals surface area contributed by atoms with Crippen LogP contribution in [0.4, 0.5) is 0 Å². The smallest absolute Gasteiger partial charge is 0.282 e. The second kappa shape index (κ2) is 4.75. The van der Waals surface area contributed by atoms with Gasteiger partial charge in [-0.15, -0.1) is 0 Å². The largest absolute Gasteiger partial charge is 0.294 e. The van der Waals surface area contributed by atoms with Gasteiger partial charge in [0.05, 0.1) is 10.5 Å². The third-order valence-corrected chi connectivity index (χ3v) is 3.94. The number of hydrogen-bond donors (Lipinski definition) is 1. The van der Waals surface area contributed by atoms with Crippen molar-refractivity contribution in [3.05, 3.63) is 47.7 Å². The van der Waals surface area contributed by atoms with Crippen LogP contribution in [-0.2, 0) is 17.2 Å². The van der Waals surface area contributed by atoms with Crippen molar-refractivity contribution in [3.63, 3.8) is 0 Å². The second-order valence-electron chi connectivity index (χ2n) is 4.65. The first kappa shape index (κ1) is 13.7. The van der Waals surface area contributed by atoms with Gasteiger partial charge in [0, 0.05) is 12.1 Å². The molecule has 0 saturated carbocycles. The molecule has 0 spiro atoms. The van der Waals surface area contributed by atoms with Crippen LogP contribution in [0.5, 0.6) is 0 Å². The number of hydrogen-bond acceptors (Lipinski definition) is 2. The first-order chi connectivity index (χ1) is 8.79. The maximum atomic E-state index is 11.2. The first-order valence-electron chi connectivity index (χ1n) is 5.84. The fourth-order valence-corrected chi connectivity index (χ4v) is 2.49. The molecular formula is C14H16NO3S+. The highest BCUT2D eigenvalue weighted by molar-refractivity contribution is 7.85. The highest BCUT2D eigenvalue weighted by atomic mass is 32.2. The Morgan fingerprint density at radius 1 is 1.11 bits per heavy atom.